The Balaban J connectivity index is 1.52. The number of hydrogen-bond donors (Lipinski definition) is 2. The number of nitrogens with zero attached hydrogens (tertiary/aromatic N) is 2. The van der Waals surface area contributed by atoms with Crippen LogP contribution in [0, 0.1) is 0 Å². The van der Waals surface area contributed by atoms with Crippen molar-refractivity contribution in [1.82, 2.24) is 20.6 Å². The largest absolute Gasteiger partial charge is 0.274 e. The zero-order chi connectivity index (χ0) is 22.5. The lowest BCUT2D eigenvalue weighted by molar-refractivity contribution is -0.122. The van der Waals surface area contributed by atoms with E-state index in [1.54, 1.807) is 54.6 Å². The zero-order valence-corrected chi connectivity index (χ0v) is 17.7. The molecule has 0 saturated carbocycles. The first kappa shape index (κ1) is 21.3. The van der Waals surface area contributed by atoms with Gasteiger partial charge < -0.3 is 0 Å². The second-order valence-corrected chi connectivity index (χ2v) is 7.48. The summed E-state index contributed by atoms with van der Waals surface area (Å²) in [4.78, 5) is 37.2. The van der Waals surface area contributed by atoms with Gasteiger partial charge in [0.1, 0.15) is 0 Å². The molecule has 160 valence electrons. The molecule has 0 unspecified atom stereocenters. The Morgan fingerprint density at radius 3 is 2.22 bits per heavy atom. The number of hydrogen-bond acceptors (Lipinski definition) is 4. The minimum atomic E-state index is -0.441. The van der Waals surface area contributed by atoms with E-state index in [1.807, 2.05) is 24.3 Å². The van der Waals surface area contributed by atoms with E-state index in [1.165, 1.54) is 4.68 Å². The summed E-state index contributed by atoms with van der Waals surface area (Å²) in [6.07, 6.45) is -0.0413. The van der Waals surface area contributed by atoms with Gasteiger partial charge in [0.15, 0.2) is 0 Å². The highest BCUT2D eigenvalue weighted by Gasteiger charge is 2.13. The number of carbonyl (C=O) groups excluding carboxylic acids is 2. The van der Waals surface area contributed by atoms with Crippen molar-refractivity contribution in [3.05, 3.63) is 99.8 Å². The second kappa shape index (κ2) is 9.45. The summed E-state index contributed by atoms with van der Waals surface area (Å²) in [5.41, 5.74) is 6.28. The molecule has 0 saturated heterocycles. The van der Waals surface area contributed by atoms with E-state index < -0.39 is 11.8 Å². The Morgan fingerprint density at radius 1 is 0.844 bits per heavy atom. The normalized spacial score (nSPS) is 10.7. The van der Waals surface area contributed by atoms with Crippen LogP contribution in [0.15, 0.2) is 83.7 Å². The number of amides is 2. The highest BCUT2D eigenvalue weighted by molar-refractivity contribution is 6.30. The summed E-state index contributed by atoms with van der Waals surface area (Å²) in [5.74, 6) is -0.867. The molecule has 3 aromatic carbocycles. The molecule has 0 atom stereocenters. The Morgan fingerprint density at radius 2 is 1.50 bits per heavy atom. The topological polar surface area (TPSA) is 93.1 Å². The number of nitrogens with one attached hydrogen (secondary N) is 2. The van der Waals surface area contributed by atoms with Crippen molar-refractivity contribution in [2.75, 3.05) is 0 Å². The molecular weight excluding hydrogens is 428 g/mol. The van der Waals surface area contributed by atoms with E-state index in [-0.39, 0.29) is 18.5 Å². The zero-order valence-electron chi connectivity index (χ0n) is 16.9. The maximum absolute atomic E-state index is 12.9. The van der Waals surface area contributed by atoms with Gasteiger partial charge in [-0.05, 0) is 30.3 Å². The maximum Gasteiger partial charge on any atom is 0.274 e. The van der Waals surface area contributed by atoms with E-state index in [2.05, 4.69) is 16.0 Å². The first-order valence-corrected chi connectivity index (χ1v) is 10.3. The predicted molar refractivity (Wildman–Crippen MR) is 123 cm³/mol. The van der Waals surface area contributed by atoms with E-state index >= 15 is 0 Å². The molecule has 0 aliphatic carbocycles. The van der Waals surface area contributed by atoms with E-state index in [4.69, 9.17) is 11.6 Å². The minimum absolute atomic E-state index is 0.0413. The van der Waals surface area contributed by atoms with Gasteiger partial charge >= 0.3 is 0 Å². The molecule has 4 rings (SSSR count). The van der Waals surface area contributed by atoms with Gasteiger partial charge in [-0.2, -0.15) is 5.10 Å². The average molecular weight is 447 g/mol. The number of halogens is 1. The summed E-state index contributed by atoms with van der Waals surface area (Å²) in [6, 6.07) is 22.9. The Bertz CT molecular complexity index is 1340. The number of aromatic nitrogens is 2. The van der Waals surface area contributed by atoms with Crippen LogP contribution in [-0.2, 0) is 11.3 Å². The number of benzene rings is 3. The minimum Gasteiger partial charge on any atom is -0.273 e. The van der Waals surface area contributed by atoms with Crippen molar-refractivity contribution < 1.29 is 9.59 Å². The third-order valence-corrected chi connectivity index (χ3v) is 5.14. The smallest absolute Gasteiger partial charge is 0.273 e. The molecule has 8 heteroatoms. The Hall–Kier alpha value is -3.97. The van der Waals surface area contributed by atoms with Gasteiger partial charge in [-0.3, -0.25) is 25.2 Å². The maximum atomic E-state index is 12.9. The molecular formula is C24H19ClN4O3. The van der Waals surface area contributed by atoms with E-state index in [9.17, 15) is 14.4 Å². The first-order chi connectivity index (χ1) is 15.5. The number of rotatable bonds is 5. The van der Waals surface area contributed by atoms with Gasteiger partial charge in [-0.1, -0.05) is 60.1 Å². The van der Waals surface area contributed by atoms with Crippen LogP contribution in [0.25, 0.3) is 22.0 Å². The third kappa shape index (κ3) is 4.68. The van der Waals surface area contributed by atoms with Crippen molar-refractivity contribution in [2.24, 2.45) is 0 Å². The predicted octanol–water partition coefficient (Wildman–Crippen LogP) is 3.57. The highest BCUT2D eigenvalue weighted by atomic mass is 35.5. The first-order valence-electron chi connectivity index (χ1n) is 9.93. The van der Waals surface area contributed by atoms with Crippen LogP contribution < -0.4 is 16.4 Å². The summed E-state index contributed by atoms with van der Waals surface area (Å²) in [6.45, 7) is 0.0529. The molecule has 4 aromatic rings. The van der Waals surface area contributed by atoms with Gasteiger partial charge in [0.05, 0.1) is 17.6 Å². The molecule has 2 N–H and O–H groups in total. The van der Waals surface area contributed by atoms with Crippen LogP contribution in [0.4, 0.5) is 0 Å². The van der Waals surface area contributed by atoms with Crippen molar-refractivity contribution in [2.45, 2.75) is 13.0 Å². The monoisotopic (exact) mass is 446 g/mol. The van der Waals surface area contributed by atoms with E-state index in [0.717, 1.165) is 10.9 Å². The number of fused-ring (bicyclic) bond motifs is 1. The van der Waals surface area contributed by atoms with Crippen molar-refractivity contribution in [3.63, 3.8) is 0 Å². The van der Waals surface area contributed by atoms with Crippen molar-refractivity contribution >= 4 is 34.2 Å². The molecule has 0 bridgehead atoms. The lowest BCUT2D eigenvalue weighted by Crippen LogP contribution is -2.42. The van der Waals surface area contributed by atoms with Crippen LogP contribution in [-0.4, -0.2) is 21.6 Å². The van der Waals surface area contributed by atoms with Gasteiger partial charge in [-0.25, -0.2) is 4.68 Å². The highest BCUT2D eigenvalue weighted by Crippen LogP contribution is 2.25. The fraction of sp³-hybridized carbons (Fsp3) is 0.0833. The Labute approximate surface area is 188 Å². The molecule has 1 aromatic heterocycles. The molecule has 1 heterocycles. The van der Waals surface area contributed by atoms with Gasteiger partial charge in [-0.15, -0.1) is 0 Å². The van der Waals surface area contributed by atoms with Crippen LogP contribution >= 0.6 is 11.6 Å². The standard InChI is InChI=1S/C24H19ClN4O3/c25-18-12-10-16(11-13-18)22-19-8-4-5-9-20(19)24(32)29(28-22)15-14-21(30)26-27-23(31)17-6-2-1-3-7-17/h1-13H,14-15H2,(H,26,30)(H,27,31). The lowest BCUT2D eigenvalue weighted by Gasteiger charge is -2.12. The van der Waals surface area contributed by atoms with Crippen LogP contribution in [0.5, 0.6) is 0 Å². The number of carbonyl (C=O) groups is 2. The van der Waals surface area contributed by atoms with Crippen molar-refractivity contribution in [1.29, 1.82) is 0 Å². The number of hydrazine groups is 1. The summed E-state index contributed by atoms with van der Waals surface area (Å²) in [5, 5.41) is 6.33. The van der Waals surface area contributed by atoms with Gasteiger partial charge in [0.25, 0.3) is 11.5 Å². The SMILES string of the molecule is O=C(CCn1nc(-c2ccc(Cl)cc2)c2ccccc2c1=O)NNC(=O)c1ccccc1. The molecule has 0 radical (unpaired) electrons. The summed E-state index contributed by atoms with van der Waals surface area (Å²) in [7, 11) is 0. The third-order valence-electron chi connectivity index (χ3n) is 4.89. The van der Waals surface area contributed by atoms with Gasteiger partial charge in [0, 0.05) is 28.0 Å². The molecule has 0 fully saturated rings. The summed E-state index contributed by atoms with van der Waals surface area (Å²) >= 11 is 6.00. The van der Waals surface area contributed by atoms with Gasteiger partial charge in [0.2, 0.25) is 5.91 Å². The molecule has 0 aliphatic heterocycles. The molecule has 7 nitrogen and oxygen atoms in total. The van der Waals surface area contributed by atoms with E-state index in [0.29, 0.717) is 21.7 Å². The molecule has 0 aliphatic rings. The van der Waals surface area contributed by atoms with Crippen LogP contribution in [0.3, 0.4) is 0 Å². The fourth-order valence-corrected chi connectivity index (χ4v) is 3.39. The van der Waals surface area contributed by atoms with Crippen LogP contribution in [0.2, 0.25) is 5.02 Å². The lowest BCUT2D eigenvalue weighted by atomic mass is 10.1. The molecule has 2 amide bonds. The molecule has 32 heavy (non-hydrogen) atoms. The fourth-order valence-electron chi connectivity index (χ4n) is 3.27. The Kier molecular flexibility index (Phi) is 6.28. The second-order valence-electron chi connectivity index (χ2n) is 7.05. The quantitative estimate of drug-likeness (QED) is 0.458. The summed E-state index contributed by atoms with van der Waals surface area (Å²) < 4.78 is 1.27. The van der Waals surface area contributed by atoms with Crippen molar-refractivity contribution in [3.8, 4) is 11.3 Å². The van der Waals surface area contributed by atoms with Crippen LogP contribution in [0.1, 0.15) is 16.8 Å². The number of aryl methyl sites for hydroxylation is 1. The average Bonchev–Trinajstić information content (AvgIpc) is 2.83. The molecule has 0 spiro atoms.